The normalized spacial score (nSPS) is 13.8. The summed E-state index contributed by atoms with van der Waals surface area (Å²) >= 11 is 0. The highest BCUT2D eigenvalue weighted by atomic mass is 16.6. The van der Waals surface area contributed by atoms with Gasteiger partial charge in [-0.15, -0.1) is 0 Å². The Bertz CT molecular complexity index is 487. The quantitative estimate of drug-likeness (QED) is 0.481. The number of anilines is 1. The SMILES string of the molecule is CCNCCN1C(=O)Cc2cc([N+](=O)[O-])ccc21. The Labute approximate surface area is 105 Å². The fourth-order valence-corrected chi connectivity index (χ4v) is 2.10. The number of rotatable bonds is 5. The number of nitro benzene ring substituents is 1. The zero-order valence-corrected chi connectivity index (χ0v) is 10.2. The minimum atomic E-state index is -0.438. The van der Waals surface area contributed by atoms with Crippen molar-refractivity contribution in [3.8, 4) is 0 Å². The molecule has 1 aliphatic heterocycles. The lowest BCUT2D eigenvalue weighted by molar-refractivity contribution is -0.384. The van der Waals surface area contributed by atoms with Crippen LogP contribution in [0.5, 0.6) is 0 Å². The van der Waals surface area contributed by atoms with Gasteiger partial charge in [-0.1, -0.05) is 6.92 Å². The summed E-state index contributed by atoms with van der Waals surface area (Å²) in [6, 6.07) is 4.59. The van der Waals surface area contributed by atoms with Crippen LogP contribution in [0.15, 0.2) is 18.2 Å². The second kappa shape index (κ2) is 5.14. The number of fused-ring (bicyclic) bond motifs is 1. The van der Waals surface area contributed by atoms with Crippen molar-refractivity contribution in [1.29, 1.82) is 0 Å². The summed E-state index contributed by atoms with van der Waals surface area (Å²) in [7, 11) is 0. The van der Waals surface area contributed by atoms with Crippen LogP contribution in [-0.4, -0.2) is 30.5 Å². The van der Waals surface area contributed by atoms with E-state index in [-0.39, 0.29) is 18.0 Å². The molecule has 1 aromatic rings. The first-order chi connectivity index (χ1) is 8.63. The van der Waals surface area contributed by atoms with Crippen molar-refractivity contribution in [2.75, 3.05) is 24.5 Å². The van der Waals surface area contributed by atoms with Crippen LogP contribution >= 0.6 is 0 Å². The highest BCUT2D eigenvalue weighted by Gasteiger charge is 2.28. The molecule has 1 aromatic carbocycles. The van der Waals surface area contributed by atoms with E-state index in [0.29, 0.717) is 6.54 Å². The molecule has 0 saturated carbocycles. The van der Waals surface area contributed by atoms with Crippen molar-refractivity contribution in [3.63, 3.8) is 0 Å². The molecule has 0 aromatic heterocycles. The molecule has 6 nitrogen and oxygen atoms in total. The summed E-state index contributed by atoms with van der Waals surface area (Å²) in [5.41, 5.74) is 1.57. The number of hydrogen-bond acceptors (Lipinski definition) is 4. The van der Waals surface area contributed by atoms with Crippen molar-refractivity contribution in [3.05, 3.63) is 33.9 Å². The van der Waals surface area contributed by atoms with Gasteiger partial charge in [-0.25, -0.2) is 0 Å². The number of likely N-dealkylation sites (N-methyl/N-ethyl adjacent to an activating group) is 1. The molecule has 0 saturated heterocycles. The van der Waals surface area contributed by atoms with Gasteiger partial charge in [0, 0.05) is 30.9 Å². The molecule has 18 heavy (non-hydrogen) atoms. The van der Waals surface area contributed by atoms with Gasteiger partial charge in [0.25, 0.3) is 5.69 Å². The van der Waals surface area contributed by atoms with Crippen molar-refractivity contribution in [2.24, 2.45) is 0 Å². The predicted molar refractivity (Wildman–Crippen MR) is 67.7 cm³/mol. The second-order valence-electron chi connectivity index (χ2n) is 4.15. The standard InChI is InChI=1S/C12H15N3O3/c1-2-13-5-6-14-11-4-3-10(15(17)18)7-9(11)8-12(14)16/h3-4,7,13H,2,5-6,8H2,1H3. The summed E-state index contributed by atoms with van der Waals surface area (Å²) in [4.78, 5) is 23.8. The minimum Gasteiger partial charge on any atom is -0.315 e. The molecule has 0 bridgehead atoms. The van der Waals surface area contributed by atoms with Gasteiger partial charge in [-0.2, -0.15) is 0 Å². The lowest BCUT2D eigenvalue weighted by atomic mass is 10.1. The Balaban J connectivity index is 2.18. The molecule has 0 unspecified atom stereocenters. The van der Waals surface area contributed by atoms with E-state index in [4.69, 9.17) is 0 Å². The van der Waals surface area contributed by atoms with Crippen LogP contribution in [-0.2, 0) is 11.2 Å². The maximum absolute atomic E-state index is 11.8. The monoisotopic (exact) mass is 249 g/mol. The molecule has 6 heteroatoms. The molecule has 1 heterocycles. The maximum atomic E-state index is 11.8. The Morgan fingerprint density at radius 2 is 2.28 bits per heavy atom. The number of benzene rings is 1. The van der Waals surface area contributed by atoms with E-state index < -0.39 is 4.92 Å². The van der Waals surface area contributed by atoms with Crippen molar-refractivity contribution in [1.82, 2.24) is 5.32 Å². The summed E-state index contributed by atoms with van der Waals surface area (Å²) < 4.78 is 0. The lowest BCUT2D eigenvalue weighted by Crippen LogP contribution is -2.34. The lowest BCUT2D eigenvalue weighted by Gasteiger charge is -2.17. The van der Waals surface area contributed by atoms with Crippen molar-refractivity contribution < 1.29 is 9.72 Å². The molecule has 0 spiro atoms. The molecule has 1 N–H and O–H groups in total. The largest absolute Gasteiger partial charge is 0.315 e. The molecule has 1 amide bonds. The van der Waals surface area contributed by atoms with Gasteiger partial charge in [-0.05, 0) is 18.2 Å². The van der Waals surface area contributed by atoms with E-state index in [0.717, 1.165) is 24.3 Å². The third kappa shape index (κ3) is 2.33. The van der Waals surface area contributed by atoms with Crippen molar-refractivity contribution in [2.45, 2.75) is 13.3 Å². The van der Waals surface area contributed by atoms with Crippen LogP contribution in [0.1, 0.15) is 12.5 Å². The summed E-state index contributed by atoms with van der Waals surface area (Å²) in [5.74, 6) is 0.00315. The Kier molecular flexibility index (Phi) is 3.57. The number of amides is 1. The first-order valence-electron chi connectivity index (χ1n) is 5.92. The van der Waals surface area contributed by atoms with Crippen LogP contribution in [0.3, 0.4) is 0 Å². The molecule has 0 aliphatic carbocycles. The molecule has 2 rings (SSSR count). The Morgan fingerprint density at radius 3 is 2.94 bits per heavy atom. The van der Waals surface area contributed by atoms with Gasteiger partial charge in [-0.3, -0.25) is 14.9 Å². The fraction of sp³-hybridized carbons (Fsp3) is 0.417. The predicted octanol–water partition coefficient (Wildman–Crippen LogP) is 1.09. The number of hydrogen-bond donors (Lipinski definition) is 1. The van der Waals surface area contributed by atoms with Gasteiger partial charge in [0.15, 0.2) is 0 Å². The van der Waals surface area contributed by atoms with E-state index in [9.17, 15) is 14.9 Å². The molecule has 1 aliphatic rings. The average Bonchev–Trinajstić information content (AvgIpc) is 2.65. The van der Waals surface area contributed by atoms with Gasteiger partial charge < -0.3 is 10.2 Å². The first-order valence-corrected chi connectivity index (χ1v) is 5.92. The number of carbonyl (C=O) groups is 1. The molecule has 96 valence electrons. The van der Waals surface area contributed by atoms with Gasteiger partial charge in [0.05, 0.1) is 11.3 Å². The summed E-state index contributed by atoms with van der Waals surface area (Å²) in [6.07, 6.45) is 0.253. The summed E-state index contributed by atoms with van der Waals surface area (Å²) in [5, 5.41) is 13.8. The van der Waals surface area contributed by atoms with E-state index in [1.807, 2.05) is 6.92 Å². The third-order valence-corrected chi connectivity index (χ3v) is 2.97. The molecular formula is C12H15N3O3. The molecule has 0 fully saturated rings. The number of nitro groups is 1. The fourth-order valence-electron chi connectivity index (χ4n) is 2.10. The first kappa shape index (κ1) is 12.5. The number of non-ortho nitro benzene ring substituents is 1. The third-order valence-electron chi connectivity index (χ3n) is 2.97. The zero-order chi connectivity index (χ0) is 13.1. The van der Waals surface area contributed by atoms with Gasteiger partial charge >= 0.3 is 0 Å². The minimum absolute atomic E-state index is 0.00315. The molecular weight excluding hydrogens is 234 g/mol. The van der Waals surface area contributed by atoms with E-state index in [1.54, 1.807) is 11.0 Å². The highest BCUT2D eigenvalue weighted by molar-refractivity contribution is 6.01. The Morgan fingerprint density at radius 1 is 1.50 bits per heavy atom. The van der Waals surface area contributed by atoms with Crippen LogP contribution in [0.4, 0.5) is 11.4 Å². The van der Waals surface area contributed by atoms with Crippen LogP contribution < -0.4 is 10.2 Å². The van der Waals surface area contributed by atoms with E-state index >= 15 is 0 Å². The van der Waals surface area contributed by atoms with E-state index in [1.165, 1.54) is 12.1 Å². The van der Waals surface area contributed by atoms with Crippen molar-refractivity contribution >= 4 is 17.3 Å². The van der Waals surface area contributed by atoms with E-state index in [2.05, 4.69) is 5.32 Å². The van der Waals surface area contributed by atoms with Gasteiger partial charge in [0.1, 0.15) is 0 Å². The molecule has 0 radical (unpaired) electrons. The van der Waals surface area contributed by atoms with Crippen LogP contribution in [0.2, 0.25) is 0 Å². The average molecular weight is 249 g/mol. The number of carbonyl (C=O) groups excluding carboxylic acids is 1. The number of nitrogens with zero attached hydrogens (tertiary/aromatic N) is 2. The summed E-state index contributed by atoms with van der Waals surface area (Å²) in [6.45, 7) is 4.18. The second-order valence-corrected chi connectivity index (χ2v) is 4.15. The van der Waals surface area contributed by atoms with Gasteiger partial charge in [0.2, 0.25) is 5.91 Å². The Hall–Kier alpha value is -1.95. The van der Waals surface area contributed by atoms with Crippen LogP contribution in [0.25, 0.3) is 0 Å². The number of nitrogens with one attached hydrogen (secondary N) is 1. The topological polar surface area (TPSA) is 75.5 Å². The van der Waals surface area contributed by atoms with Crippen LogP contribution in [0, 0.1) is 10.1 Å². The maximum Gasteiger partial charge on any atom is 0.269 e. The zero-order valence-electron chi connectivity index (χ0n) is 10.2. The smallest absolute Gasteiger partial charge is 0.269 e. The highest BCUT2D eigenvalue weighted by Crippen LogP contribution is 2.31. The molecule has 0 atom stereocenters.